The van der Waals surface area contributed by atoms with Crippen molar-refractivity contribution in [2.75, 3.05) is 0 Å². The van der Waals surface area contributed by atoms with Crippen molar-refractivity contribution in [1.29, 1.82) is 0 Å². The molecule has 0 radical (unpaired) electrons. The third-order valence-electron chi connectivity index (χ3n) is 4.94. The molecule has 0 aliphatic carbocycles. The zero-order valence-electron chi connectivity index (χ0n) is 13.7. The number of benzene rings is 2. The molecule has 0 atom stereocenters. The van der Waals surface area contributed by atoms with Crippen LogP contribution in [0.25, 0.3) is 32.9 Å². The molecule has 5 rings (SSSR count). The Morgan fingerprint density at radius 3 is 2.83 bits per heavy atom. The van der Waals surface area contributed by atoms with Crippen molar-refractivity contribution in [3.05, 3.63) is 54.1 Å². The van der Waals surface area contributed by atoms with Crippen LogP contribution in [0.15, 0.2) is 42.7 Å². The molecule has 118 valence electrons. The fourth-order valence-corrected chi connectivity index (χ4v) is 3.83. The maximum atomic E-state index is 13.8. The van der Waals surface area contributed by atoms with Crippen LogP contribution in [0.2, 0.25) is 0 Å². The molecule has 1 aliphatic heterocycles. The Morgan fingerprint density at radius 2 is 2.00 bits per heavy atom. The molecule has 1 aliphatic rings. The molecular formula is C20H16FN2O+. The number of aromatic nitrogens is 2. The minimum absolute atomic E-state index is 0.254. The molecule has 4 aromatic rings. The number of pyridine rings is 1. The first-order chi connectivity index (χ1) is 11.5. The van der Waals surface area contributed by atoms with Gasteiger partial charge in [-0.05, 0) is 36.8 Å². The Bertz CT molecular complexity index is 1170. The molecule has 2 aromatic heterocycles. The first kappa shape index (κ1) is 13.5. The molecule has 24 heavy (non-hydrogen) atoms. The number of hydrogen-bond donors (Lipinski definition) is 0. The van der Waals surface area contributed by atoms with Crippen molar-refractivity contribution in [2.45, 2.75) is 6.92 Å². The van der Waals surface area contributed by atoms with Gasteiger partial charge < -0.3 is 9.30 Å². The second-order valence-electron chi connectivity index (χ2n) is 6.51. The average Bonchev–Trinajstić information content (AvgIpc) is 2.87. The van der Waals surface area contributed by atoms with Gasteiger partial charge in [-0.1, -0.05) is 6.07 Å². The van der Waals surface area contributed by atoms with E-state index in [1.165, 1.54) is 11.6 Å². The van der Waals surface area contributed by atoms with Crippen molar-refractivity contribution in [1.82, 2.24) is 4.57 Å². The van der Waals surface area contributed by atoms with E-state index in [1.807, 2.05) is 26.5 Å². The summed E-state index contributed by atoms with van der Waals surface area (Å²) < 4.78 is 24.3. The van der Waals surface area contributed by atoms with Gasteiger partial charge in [-0.2, -0.15) is 4.57 Å². The summed E-state index contributed by atoms with van der Waals surface area (Å²) in [6, 6.07) is 9.08. The molecule has 0 unspecified atom stereocenters. The number of halogens is 1. The highest BCUT2D eigenvalue weighted by Gasteiger charge is 2.32. The molecule has 0 bridgehead atoms. The van der Waals surface area contributed by atoms with Crippen molar-refractivity contribution in [3.63, 3.8) is 0 Å². The summed E-state index contributed by atoms with van der Waals surface area (Å²) in [5, 5.41) is 2.88. The Balaban J connectivity index is 2.02. The predicted octanol–water partition coefficient (Wildman–Crippen LogP) is 4.38. The number of fused-ring (bicyclic) bond motifs is 4. The summed E-state index contributed by atoms with van der Waals surface area (Å²) in [5.74, 6) is 1.30. The lowest BCUT2D eigenvalue weighted by Gasteiger charge is -2.18. The lowest BCUT2D eigenvalue weighted by Crippen LogP contribution is -2.32. The minimum Gasteiger partial charge on any atom is -0.447 e. The van der Waals surface area contributed by atoms with Crippen LogP contribution in [0, 0.1) is 12.7 Å². The Morgan fingerprint density at radius 1 is 1.17 bits per heavy atom. The van der Waals surface area contributed by atoms with Crippen LogP contribution in [0.1, 0.15) is 5.56 Å². The predicted molar refractivity (Wildman–Crippen MR) is 91.8 cm³/mol. The highest BCUT2D eigenvalue weighted by molar-refractivity contribution is 6.06. The Kier molecular flexibility index (Phi) is 2.46. The van der Waals surface area contributed by atoms with Crippen LogP contribution in [0.3, 0.4) is 0 Å². The molecule has 0 saturated carbocycles. The zero-order valence-corrected chi connectivity index (χ0v) is 13.7. The number of nitrogens with zero attached hydrogens (tertiary/aromatic N) is 2. The molecule has 2 aromatic carbocycles. The van der Waals surface area contributed by atoms with E-state index >= 15 is 0 Å². The molecule has 0 spiro atoms. The number of rotatable bonds is 0. The lowest BCUT2D eigenvalue weighted by atomic mass is 9.95. The second-order valence-corrected chi connectivity index (χ2v) is 6.51. The monoisotopic (exact) mass is 319 g/mol. The SMILES string of the molecule is Cc1ccc2c3c(cn2C)Oc2c([n+](C)cc4ccc(F)cc24)-c13. The van der Waals surface area contributed by atoms with Gasteiger partial charge in [-0.3, -0.25) is 0 Å². The van der Waals surface area contributed by atoms with Gasteiger partial charge in [0.05, 0.1) is 16.5 Å². The van der Waals surface area contributed by atoms with Crippen LogP contribution in [-0.4, -0.2) is 4.57 Å². The van der Waals surface area contributed by atoms with Crippen molar-refractivity contribution in [3.8, 4) is 22.8 Å². The van der Waals surface area contributed by atoms with Gasteiger partial charge in [-0.25, -0.2) is 4.39 Å². The van der Waals surface area contributed by atoms with Crippen LogP contribution in [-0.2, 0) is 14.1 Å². The average molecular weight is 319 g/mol. The van der Waals surface area contributed by atoms with E-state index in [9.17, 15) is 4.39 Å². The van der Waals surface area contributed by atoms with Crippen molar-refractivity contribution >= 4 is 21.7 Å². The quantitative estimate of drug-likeness (QED) is 0.387. The zero-order chi connectivity index (χ0) is 16.6. The normalized spacial score (nSPS) is 12.5. The maximum absolute atomic E-state index is 13.8. The van der Waals surface area contributed by atoms with E-state index < -0.39 is 0 Å². The van der Waals surface area contributed by atoms with Crippen molar-refractivity contribution < 1.29 is 13.7 Å². The third-order valence-corrected chi connectivity index (χ3v) is 4.94. The van der Waals surface area contributed by atoms with Crippen LogP contribution in [0.4, 0.5) is 4.39 Å². The molecular weight excluding hydrogens is 303 g/mol. The summed E-state index contributed by atoms with van der Waals surface area (Å²) in [7, 11) is 4.03. The van der Waals surface area contributed by atoms with E-state index in [1.54, 1.807) is 12.1 Å². The van der Waals surface area contributed by atoms with E-state index in [0.29, 0.717) is 0 Å². The molecule has 4 heteroatoms. The number of ether oxygens (including phenoxy) is 1. The number of hydrogen-bond acceptors (Lipinski definition) is 1. The van der Waals surface area contributed by atoms with Gasteiger partial charge in [0.15, 0.2) is 11.9 Å². The molecule has 0 N–H and O–H groups in total. The maximum Gasteiger partial charge on any atom is 0.257 e. The Hall–Kier alpha value is -2.88. The smallest absolute Gasteiger partial charge is 0.257 e. The topological polar surface area (TPSA) is 18.0 Å². The highest BCUT2D eigenvalue weighted by Crippen LogP contribution is 2.49. The van der Waals surface area contributed by atoms with Gasteiger partial charge in [0, 0.05) is 24.0 Å². The second kappa shape index (κ2) is 4.35. The molecule has 0 saturated heterocycles. The largest absolute Gasteiger partial charge is 0.447 e. The third kappa shape index (κ3) is 1.58. The van der Waals surface area contributed by atoms with Crippen LogP contribution >= 0.6 is 0 Å². The summed E-state index contributed by atoms with van der Waals surface area (Å²) in [6.45, 7) is 2.11. The fraction of sp³-hybridized carbons (Fsp3) is 0.150. The van der Waals surface area contributed by atoms with E-state index in [4.69, 9.17) is 4.74 Å². The first-order valence-electron chi connectivity index (χ1n) is 7.93. The Labute approximate surface area is 138 Å². The summed E-state index contributed by atoms with van der Waals surface area (Å²) in [5.41, 5.74) is 4.48. The molecule has 0 fully saturated rings. The fourth-order valence-electron chi connectivity index (χ4n) is 3.83. The van der Waals surface area contributed by atoms with Gasteiger partial charge in [0.2, 0.25) is 5.75 Å². The van der Waals surface area contributed by atoms with E-state index in [0.717, 1.165) is 44.4 Å². The van der Waals surface area contributed by atoms with Gasteiger partial charge >= 0.3 is 0 Å². The first-order valence-corrected chi connectivity index (χ1v) is 7.93. The van der Waals surface area contributed by atoms with Gasteiger partial charge in [-0.15, -0.1) is 0 Å². The standard InChI is InChI=1S/C20H16FN2O/c1-11-4-7-15-18-16(10-22(15)2)24-20-14-8-13(21)6-5-12(14)9-23(3)19(20)17(11)18/h4-10H,1-3H3/q+1. The lowest BCUT2D eigenvalue weighted by molar-refractivity contribution is -0.659. The van der Waals surface area contributed by atoms with E-state index in [-0.39, 0.29) is 5.82 Å². The number of aryl methyl sites for hydroxylation is 3. The summed E-state index contributed by atoms with van der Waals surface area (Å²) in [4.78, 5) is 0. The van der Waals surface area contributed by atoms with Crippen molar-refractivity contribution in [2.24, 2.45) is 14.1 Å². The van der Waals surface area contributed by atoms with Gasteiger partial charge in [0.25, 0.3) is 5.69 Å². The molecule has 3 heterocycles. The summed E-state index contributed by atoms with van der Waals surface area (Å²) in [6.07, 6.45) is 4.03. The van der Waals surface area contributed by atoms with Crippen LogP contribution < -0.4 is 9.30 Å². The molecule has 0 amide bonds. The van der Waals surface area contributed by atoms with Gasteiger partial charge in [0.1, 0.15) is 12.9 Å². The highest BCUT2D eigenvalue weighted by atomic mass is 19.1. The minimum atomic E-state index is -0.254. The molecule has 3 nitrogen and oxygen atoms in total. The van der Waals surface area contributed by atoms with Crippen LogP contribution in [0.5, 0.6) is 11.5 Å². The summed E-state index contributed by atoms with van der Waals surface area (Å²) >= 11 is 0. The van der Waals surface area contributed by atoms with E-state index in [2.05, 4.69) is 28.2 Å².